The fraction of sp³-hybridized carbons (Fsp3) is 0.118. The first-order valence-electron chi connectivity index (χ1n) is 6.92. The fourth-order valence-electron chi connectivity index (χ4n) is 2.53. The summed E-state index contributed by atoms with van der Waals surface area (Å²) in [6, 6.07) is 13.0. The molecule has 3 aromatic rings. The first-order chi connectivity index (χ1) is 10.6. The largest absolute Gasteiger partial charge is 0.296 e. The maximum Gasteiger partial charge on any atom is 0.296 e. The van der Waals surface area contributed by atoms with E-state index >= 15 is 0 Å². The van der Waals surface area contributed by atoms with Crippen LogP contribution in [0.1, 0.15) is 12.5 Å². The number of aryl methyl sites for hydroxylation is 1. The molecule has 0 aliphatic heterocycles. The van der Waals surface area contributed by atoms with E-state index in [-0.39, 0.29) is 5.69 Å². The molecule has 0 unspecified atom stereocenters. The number of nitrogens with zero attached hydrogens (tertiary/aromatic N) is 2. The van der Waals surface area contributed by atoms with Gasteiger partial charge in [0.1, 0.15) is 6.20 Å². The van der Waals surface area contributed by atoms with Crippen LogP contribution in [0.5, 0.6) is 0 Å². The molecule has 0 aliphatic carbocycles. The van der Waals surface area contributed by atoms with Crippen molar-refractivity contribution in [1.29, 1.82) is 0 Å². The van der Waals surface area contributed by atoms with E-state index in [1.165, 1.54) is 6.20 Å². The summed E-state index contributed by atoms with van der Waals surface area (Å²) in [5.74, 6) is 0. The second-order valence-corrected chi connectivity index (χ2v) is 5.37. The third-order valence-electron chi connectivity index (χ3n) is 3.66. The number of hydrogen-bond acceptors (Lipinski definition) is 3. The van der Waals surface area contributed by atoms with Gasteiger partial charge in [0.2, 0.25) is 0 Å². The monoisotopic (exact) mass is 312 g/mol. The molecule has 0 saturated heterocycles. The van der Waals surface area contributed by atoms with Crippen molar-refractivity contribution in [2.45, 2.75) is 13.3 Å². The first-order valence-corrected chi connectivity index (χ1v) is 7.30. The van der Waals surface area contributed by atoms with E-state index in [1.54, 1.807) is 18.2 Å². The minimum atomic E-state index is -0.413. The van der Waals surface area contributed by atoms with Crippen molar-refractivity contribution in [2.75, 3.05) is 0 Å². The maximum atomic E-state index is 11.4. The minimum absolute atomic E-state index is 0.0335. The molecule has 2 aromatic carbocycles. The SMILES string of the molecule is CCc1ccc2ncc([N+](=O)[O-])c(-c3ccccc3Cl)c2c1. The van der Waals surface area contributed by atoms with Gasteiger partial charge in [-0.25, -0.2) is 4.98 Å². The lowest BCUT2D eigenvalue weighted by Crippen LogP contribution is -1.96. The quantitative estimate of drug-likeness (QED) is 0.503. The van der Waals surface area contributed by atoms with Gasteiger partial charge in [-0.1, -0.05) is 42.8 Å². The predicted octanol–water partition coefficient (Wildman–Crippen LogP) is 5.03. The van der Waals surface area contributed by atoms with Gasteiger partial charge in [-0.15, -0.1) is 0 Å². The first kappa shape index (κ1) is 14.5. The van der Waals surface area contributed by atoms with E-state index in [9.17, 15) is 10.1 Å². The zero-order chi connectivity index (χ0) is 15.7. The second kappa shape index (κ2) is 5.73. The van der Waals surface area contributed by atoms with Gasteiger partial charge >= 0.3 is 0 Å². The average Bonchev–Trinajstić information content (AvgIpc) is 2.53. The van der Waals surface area contributed by atoms with Crippen LogP contribution >= 0.6 is 11.6 Å². The summed E-state index contributed by atoms with van der Waals surface area (Å²) in [5, 5.41) is 12.7. The van der Waals surface area contributed by atoms with E-state index in [2.05, 4.69) is 4.98 Å². The van der Waals surface area contributed by atoms with Crippen LogP contribution in [0.15, 0.2) is 48.7 Å². The Kier molecular flexibility index (Phi) is 3.77. The number of aromatic nitrogens is 1. The Balaban J connectivity index is 2.44. The number of pyridine rings is 1. The Labute approximate surface area is 132 Å². The highest BCUT2D eigenvalue weighted by molar-refractivity contribution is 6.34. The molecule has 0 N–H and O–H groups in total. The number of benzene rings is 2. The van der Waals surface area contributed by atoms with Crippen LogP contribution in [0.2, 0.25) is 5.02 Å². The van der Waals surface area contributed by atoms with E-state index in [4.69, 9.17) is 11.6 Å². The van der Waals surface area contributed by atoms with Gasteiger partial charge in [-0.2, -0.15) is 0 Å². The van der Waals surface area contributed by atoms with Crippen LogP contribution in [-0.4, -0.2) is 9.91 Å². The normalized spacial score (nSPS) is 10.8. The van der Waals surface area contributed by atoms with Gasteiger partial charge in [0.05, 0.1) is 16.0 Å². The molecule has 0 spiro atoms. The van der Waals surface area contributed by atoms with Crippen LogP contribution in [0.25, 0.3) is 22.0 Å². The number of fused-ring (bicyclic) bond motifs is 1. The van der Waals surface area contributed by atoms with Crippen molar-refractivity contribution < 1.29 is 4.92 Å². The highest BCUT2D eigenvalue weighted by atomic mass is 35.5. The molecule has 5 heteroatoms. The molecule has 0 fully saturated rings. The summed E-state index contributed by atoms with van der Waals surface area (Å²) in [6.07, 6.45) is 2.15. The Morgan fingerprint density at radius 2 is 2.00 bits per heavy atom. The van der Waals surface area contributed by atoms with Gasteiger partial charge in [0.15, 0.2) is 0 Å². The van der Waals surface area contributed by atoms with Crippen LogP contribution in [0, 0.1) is 10.1 Å². The lowest BCUT2D eigenvalue weighted by molar-refractivity contribution is -0.384. The van der Waals surface area contributed by atoms with Gasteiger partial charge < -0.3 is 0 Å². The van der Waals surface area contributed by atoms with Crippen molar-refractivity contribution in [3.63, 3.8) is 0 Å². The van der Waals surface area contributed by atoms with Crippen molar-refractivity contribution in [3.05, 3.63) is 69.4 Å². The number of hydrogen-bond donors (Lipinski definition) is 0. The lowest BCUT2D eigenvalue weighted by atomic mass is 9.97. The summed E-state index contributed by atoms with van der Waals surface area (Å²) in [5.41, 5.74) is 2.96. The van der Waals surface area contributed by atoms with Crippen LogP contribution in [0.4, 0.5) is 5.69 Å². The van der Waals surface area contributed by atoms with Gasteiger partial charge in [-0.05, 0) is 30.2 Å². The summed E-state index contributed by atoms with van der Waals surface area (Å²) in [6.45, 7) is 2.04. The Hall–Kier alpha value is -2.46. The van der Waals surface area contributed by atoms with E-state index in [0.717, 1.165) is 22.9 Å². The molecule has 0 atom stereocenters. The summed E-state index contributed by atoms with van der Waals surface area (Å²) >= 11 is 6.27. The molecule has 0 amide bonds. The number of halogens is 1. The molecule has 3 rings (SSSR count). The zero-order valence-electron chi connectivity index (χ0n) is 11.9. The number of rotatable bonds is 3. The standard InChI is InChI=1S/C17H13ClN2O2/c1-2-11-7-8-15-13(9-11)17(16(10-19-15)20(21)22)12-5-3-4-6-14(12)18/h3-10H,2H2,1H3. The van der Waals surface area contributed by atoms with Gasteiger partial charge in [-0.3, -0.25) is 10.1 Å². The minimum Gasteiger partial charge on any atom is -0.258 e. The molecule has 0 aliphatic rings. The summed E-state index contributed by atoms with van der Waals surface area (Å²) < 4.78 is 0. The molecule has 4 nitrogen and oxygen atoms in total. The molecule has 0 radical (unpaired) electrons. The van der Waals surface area contributed by atoms with E-state index in [0.29, 0.717) is 16.1 Å². The zero-order valence-corrected chi connectivity index (χ0v) is 12.7. The maximum absolute atomic E-state index is 11.4. The third kappa shape index (κ3) is 2.42. The molecule has 22 heavy (non-hydrogen) atoms. The van der Waals surface area contributed by atoms with E-state index < -0.39 is 4.92 Å². The lowest BCUT2D eigenvalue weighted by Gasteiger charge is -2.10. The van der Waals surface area contributed by atoms with Crippen molar-refractivity contribution in [3.8, 4) is 11.1 Å². The average molecular weight is 313 g/mol. The van der Waals surface area contributed by atoms with Crippen molar-refractivity contribution >= 4 is 28.2 Å². The summed E-state index contributed by atoms with van der Waals surface area (Å²) in [4.78, 5) is 15.2. The van der Waals surface area contributed by atoms with Crippen LogP contribution < -0.4 is 0 Å². The van der Waals surface area contributed by atoms with Gasteiger partial charge in [0.25, 0.3) is 5.69 Å². The highest BCUT2D eigenvalue weighted by Crippen LogP contribution is 2.39. The summed E-state index contributed by atoms with van der Waals surface area (Å²) in [7, 11) is 0. The molecule has 1 heterocycles. The van der Waals surface area contributed by atoms with Crippen molar-refractivity contribution in [1.82, 2.24) is 4.98 Å². The number of nitro groups is 1. The molecular formula is C17H13ClN2O2. The molecule has 110 valence electrons. The second-order valence-electron chi connectivity index (χ2n) is 4.96. The molecular weight excluding hydrogens is 300 g/mol. The third-order valence-corrected chi connectivity index (χ3v) is 3.99. The Morgan fingerprint density at radius 3 is 2.68 bits per heavy atom. The topological polar surface area (TPSA) is 56.0 Å². The molecule has 0 bridgehead atoms. The highest BCUT2D eigenvalue weighted by Gasteiger charge is 2.21. The fourth-order valence-corrected chi connectivity index (χ4v) is 2.76. The van der Waals surface area contributed by atoms with Crippen LogP contribution in [0.3, 0.4) is 0 Å². The van der Waals surface area contributed by atoms with Gasteiger partial charge in [0, 0.05) is 16.0 Å². The Bertz CT molecular complexity index is 878. The molecule has 0 saturated carbocycles. The van der Waals surface area contributed by atoms with Crippen LogP contribution in [-0.2, 0) is 6.42 Å². The van der Waals surface area contributed by atoms with E-state index in [1.807, 2.05) is 31.2 Å². The molecule has 1 aromatic heterocycles. The van der Waals surface area contributed by atoms with Crippen molar-refractivity contribution in [2.24, 2.45) is 0 Å². The smallest absolute Gasteiger partial charge is 0.258 e. The Morgan fingerprint density at radius 1 is 1.23 bits per heavy atom. The predicted molar refractivity (Wildman–Crippen MR) is 88.2 cm³/mol.